The van der Waals surface area contributed by atoms with Gasteiger partial charge >= 0.3 is 0 Å². The molecule has 2 aliphatic heterocycles. The Morgan fingerprint density at radius 1 is 1.53 bits per heavy atom. The third kappa shape index (κ3) is 2.29. The topological polar surface area (TPSA) is 59.5 Å². The molecule has 2 saturated heterocycles. The first-order chi connectivity index (χ1) is 9.06. The van der Waals surface area contributed by atoms with Crippen molar-refractivity contribution in [3.8, 4) is 0 Å². The van der Waals surface area contributed by atoms with Crippen molar-refractivity contribution >= 4 is 21.8 Å². The minimum absolute atomic E-state index is 0.0654. The van der Waals surface area contributed by atoms with Gasteiger partial charge in [0.15, 0.2) is 0 Å². The van der Waals surface area contributed by atoms with Crippen molar-refractivity contribution in [3.63, 3.8) is 0 Å². The second kappa shape index (κ2) is 4.73. The lowest BCUT2D eigenvalue weighted by atomic mass is 9.96. The number of sulfonamides is 1. The van der Waals surface area contributed by atoms with Crippen LogP contribution in [0.25, 0.3) is 0 Å². The van der Waals surface area contributed by atoms with Crippen LogP contribution in [0.5, 0.6) is 0 Å². The van der Waals surface area contributed by atoms with Crippen molar-refractivity contribution in [1.82, 2.24) is 9.29 Å². The van der Waals surface area contributed by atoms with Crippen LogP contribution in [0.3, 0.4) is 0 Å². The van der Waals surface area contributed by atoms with E-state index in [1.165, 1.54) is 10.5 Å². The van der Waals surface area contributed by atoms with E-state index in [4.69, 9.17) is 4.74 Å². The summed E-state index contributed by atoms with van der Waals surface area (Å²) in [6.07, 6.45) is 4.17. The zero-order chi connectivity index (χ0) is 13.5. The molecule has 1 atom stereocenters. The molecular weight excluding hydrogens is 284 g/mol. The van der Waals surface area contributed by atoms with E-state index in [-0.39, 0.29) is 15.7 Å². The highest BCUT2D eigenvalue weighted by Gasteiger charge is 2.53. The van der Waals surface area contributed by atoms with Gasteiger partial charge in [0, 0.05) is 43.1 Å². The number of ether oxygens (including phenoxy) is 1. The molecule has 0 saturated carbocycles. The predicted octanol–water partition coefficient (Wildman–Crippen LogP) is 0.977. The van der Waals surface area contributed by atoms with E-state index in [9.17, 15) is 8.42 Å². The summed E-state index contributed by atoms with van der Waals surface area (Å²) in [5, 5.41) is 0. The van der Waals surface area contributed by atoms with E-state index in [0.29, 0.717) is 13.1 Å². The molecule has 3 rings (SSSR count). The van der Waals surface area contributed by atoms with E-state index in [1.807, 2.05) is 11.8 Å². The van der Waals surface area contributed by atoms with Gasteiger partial charge in [-0.15, -0.1) is 11.8 Å². The van der Waals surface area contributed by atoms with Crippen LogP contribution in [0.1, 0.15) is 6.42 Å². The van der Waals surface area contributed by atoms with Crippen LogP contribution in [0.2, 0.25) is 0 Å². The number of thioether (sulfide) groups is 1. The Morgan fingerprint density at radius 2 is 2.32 bits per heavy atom. The number of nitrogens with zero attached hydrogens (tertiary/aromatic N) is 2. The number of hydrogen-bond acceptors (Lipinski definition) is 5. The molecule has 0 aliphatic carbocycles. The largest absolute Gasteiger partial charge is 0.381 e. The van der Waals surface area contributed by atoms with Crippen molar-refractivity contribution < 1.29 is 13.2 Å². The van der Waals surface area contributed by atoms with Gasteiger partial charge in [-0.1, -0.05) is 0 Å². The maximum atomic E-state index is 12.4. The van der Waals surface area contributed by atoms with E-state index in [0.717, 1.165) is 12.2 Å². The number of hydrogen-bond donors (Lipinski definition) is 0. The van der Waals surface area contributed by atoms with Crippen LogP contribution in [-0.2, 0) is 14.8 Å². The standard InChI is InChI=1S/C12H16N2O3S2/c1-17-10-5-12(18-7-10)8-14(9-12)19(15,16)11-3-2-4-13-6-11/h2-4,6,10H,5,7-9H2,1H3. The van der Waals surface area contributed by atoms with Crippen molar-refractivity contribution in [1.29, 1.82) is 0 Å². The normalized spacial score (nSPS) is 26.5. The van der Waals surface area contributed by atoms with Gasteiger partial charge in [-0.2, -0.15) is 4.31 Å². The van der Waals surface area contributed by atoms with Gasteiger partial charge in [-0.3, -0.25) is 4.98 Å². The van der Waals surface area contributed by atoms with Crippen LogP contribution in [0, 0.1) is 0 Å². The van der Waals surface area contributed by atoms with Gasteiger partial charge in [-0.05, 0) is 18.6 Å². The molecule has 5 nitrogen and oxygen atoms in total. The highest BCUT2D eigenvalue weighted by atomic mass is 32.2. The molecule has 1 spiro atoms. The van der Waals surface area contributed by atoms with Gasteiger partial charge in [-0.25, -0.2) is 8.42 Å². The van der Waals surface area contributed by atoms with Crippen molar-refractivity contribution in [2.24, 2.45) is 0 Å². The third-order valence-electron chi connectivity index (χ3n) is 3.71. The summed E-state index contributed by atoms with van der Waals surface area (Å²) in [5.41, 5.74) is 0. The van der Waals surface area contributed by atoms with Gasteiger partial charge in [0.1, 0.15) is 4.90 Å². The van der Waals surface area contributed by atoms with Gasteiger partial charge < -0.3 is 4.74 Å². The third-order valence-corrected chi connectivity index (χ3v) is 7.06. The lowest BCUT2D eigenvalue weighted by molar-refractivity contribution is 0.0931. The molecule has 2 fully saturated rings. The van der Waals surface area contributed by atoms with E-state index >= 15 is 0 Å². The van der Waals surface area contributed by atoms with E-state index in [2.05, 4.69) is 4.98 Å². The van der Waals surface area contributed by atoms with E-state index < -0.39 is 10.0 Å². The van der Waals surface area contributed by atoms with Crippen LogP contribution in [0.4, 0.5) is 0 Å². The van der Waals surface area contributed by atoms with Gasteiger partial charge in [0.2, 0.25) is 10.0 Å². The molecule has 19 heavy (non-hydrogen) atoms. The van der Waals surface area contributed by atoms with Crippen LogP contribution < -0.4 is 0 Å². The predicted molar refractivity (Wildman–Crippen MR) is 73.6 cm³/mol. The van der Waals surface area contributed by atoms with Crippen molar-refractivity contribution in [2.75, 3.05) is 26.0 Å². The van der Waals surface area contributed by atoms with Crippen LogP contribution in [0.15, 0.2) is 29.4 Å². The Kier molecular flexibility index (Phi) is 3.33. The maximum Gasteiger partial charge on any atom is 0.244 e. The second-order valence-corrected chi connectivity index (χ2v) is 8.44. The summed E-state index contributed by atoms with van der Waals surface area (Å²) in [6.45, 7) is 1.16. The minimum Gasteiger partial charge on any atom is -0.381 e. The summed E-state index contributed by atoms with van der Waals surface area (Å²) >= 11 is 1.83. The molecule has 104 valence electrons. The fourth-order valence-corrected chi connectivity index (χ4v) is 5.92. The molecule has 0 bridgehead atoms. The highest BCUT2D eigenvalue weighted by Crippen LogP contribution is 2.47. The quantitative estimate of drug-likeness (QED) is 0.833. The Labute approximate surface area is 117 Å². The fourth-order valence-electron chi connectivity index (χ4n) is 2.59. The smallest absolute Gasteiger partial charge is 0.244 e. The lowest BCUT2D eigenvalue weighted by Crippen LogP contribution is -2.60. The fraction of sp³-hybridized carbons (Fsp3) is 0.583. The molecular formula is C12H16N2O3S2. The Balaban J connectivity index is 1.71. The summed E-state index contributed by atoms with van der Waals surface area (Å²) in [7, 11) is -1.66. The molecule has 1 aromatic rings. The number of aromatic nitrogens is 1. The average Bonchev–Trinajstić information content (AvgIpc) is 2.82. The summed E-state index contributed by atoms with van der Waals surface area (Å²) in [6, 6.07) is 3.24. The number of rotatable bonds is 3. The maximum absolute atomic E-state index is 12.4. The SMILES string of the molecule is COC1CSC2(C1)CN(S(=O)(=O)c1cccnc1)C2. The molecule has 0 amide bonds. The lowest BCUT2D eigenvalue weighted by Gasteiger charge is -2.46. The average molecular weight is 300 g/mol. The Hall–Kier alpha value is -0.630. The second-order valence-electron chi connectivity index (χ2n) is 5.02. The molecule has 3 heterocycles. The summed E-state index contributed by atoms with van der Waals surface area (Å²) in [4.78, 5) is 4.15. The first-order valence-electron chi connectivity index (χ1n) is 6.13. The van der Waals surface area contributed by atoms with Crippen molar-refractivity contribution in [3.05, 3.63) is 24.5 Å². The minimum atomic E-state index is -3.37. The van der Waals surface area contributed by atoms with Gasteiger partial charge in [0.05, 0.1) is 6.10 Å². The first kappa shape index (κ1) is 13.4. The molecule has 0 radical (unpaired) electrons. The first-order valence-corrected chi connectivity index (χ1v) is 8.55. The molecule has 7 heteroatoms. The molecule has 0 aromatic carbocycles. The molecule has 1 unspecified atom stereocenters. The monoisotopic (exact) mass is 300 g/mol. The van der Waals surface area contributed by atoms with Crippen LogP contribution >= 0.6 is 11.8 Å². The van der Waals surface area contributed by atoms with Gasteiger partial charge in [0.25, 0.3) is 0 Å². The number of pyridine rings is 1. The van der Waals surface area contributed by atoms with Crippen LogP contribution in [-0.4, -0.2) is 54.5 Å². The zero-order valence-electron chi connectivity index (χ0n) is 10.7. The molecule has 0 N–H and O–H groups in total. The van der Waals surface area contributed by atoms with Crippen molar-refractivity contribution in [2.45, 2.75) is 22.2 Å². The highest BCUT2D eigenvalue weighted by molar-refractivity contribution is 8.01. The van der Waals surface area contributed by atoms with E-state index in [1.54, 1.807) is 25.4 Å². The zero-order valence-corrected chi connectivity index (χ0v) is 12.3. The Bertz CT molecular complexity index is 556. The molecule has 2 aliphatic rings. The summed E-state index contributed by atoms with van der Waals surface area (Å²) < 4.78 is 31.7. The number of methoxy groups -OCH3 is 1. The summed E-state index contributed by atoms with van der Waals surface area (Å²) in [5.74, 6) is 0.956. The molecule has 1 aromatic heterocycles. The Morgan fingerprint density at radius 3 is 2.89 bits per heavy atom.